The van der Waals surface area contributed by atoms with Crippen molar-refractivity contribution < 1.29 is 19.0 Å². The number of carbonyl (C=O) groups is 1. The number of hydrogen-bond acceptors (Lipinski definition) is 7. The highest BCUT2D eigenvalue weighted by atomic mass is 35.5. The second-order valence-corrected chi connectivity index (χ2v) is 6.69. The van der Waals surface area contributed by atoms with Gasteiger partial charge in [-0.25, -0.2) is 4.79 Å². The third-order valence-corrected chi connectivity index (χ3v) is 4.33. The zero-order valence-electron chi connectivity index (χ0n) is 15.1. The summed E-state index contributed by atoms with van der Waals surface area (Å²) in [5.41, 5.74) is 1.77. The molecule has 0 aliphatic rings. The molecule has 0 saturated heterocycles. The van der Waals surface area contributed by atoms with E-state index in [1.165, 1.54) is 17.7 Å². The SMILES string of the molecule is CC(C)c1ccc(-c2noc(COC(=O)c3ccc([N+](=O)[O-])cc3Cl)n2)cc1. The summed E-state index contributed by atoms with van der Waals surface area (Å²) in [7, 11) is 0. The van der Waals surface area contributed by atoms with Gasteiger partial charge in [-0.2, -0.15) is 4.98 Å². The van der Waals surface area contributed by atoms with Crippen molar-refractivity contribution in [3.8, 4) is 11.4 Å². The van der Waals surface area contributed by atoms with Crippen molar-refractivity contribution in [1.82, 2.24) is 10.1 Å². The molecule has 28 heavy (non-hydrogen) atoms. The van der Waals surface area contributed by atoms with Crippen molar-refractivity contribution in [2.24, 2.45) is 0 Å². The molecule has 0 radical (unpaired) electrons. The van der Waals surface area contributed by atoms with Gasteiger partial charge in [-0.15, -0.1) is 0 Å². The topological polar surface area (TPSA) is 108 Å². The number of nitrogens with zero attached hydrogens (tertiary/aromatic N) is 3. The second kappa shape index (κ2) is 8.18. The summed E-state index contributed by atoms with van der Waals surface area (Å²) in [5, 5.41) is 14.5. The molecule has 0 saturated carbocycles. The Hall–Kier alpha value is -3.26. The van der Waals surface area contributed by atoms with Gasteiger partial charge in [-0.05, 0) is 17.5 Å². The van der Waals surface area contributed by atoms with Gasteiger partial charge in [0, 0.05) is 17.7 Å². The Morgan fingerprint density at radius 2 is 1.96 bits per heavy atom. The van der Waals surface area contributed by atoms with E-state index in [1.807, 2.05) is 24.3 Å². The van der Waals surface area contributed by atoms with E-state index in [1.54, 1.807) is 0 Å². The van der Waals surface area contributed by atoms with Gasteiger partial charge in [0.15, 0.2) is 6.61 Å². The Morgan fingerprint density at radius 1 is 1.25 bits per heavy atom. The molecule has 3 rings (SSSR count). The van der Waals surface area contributed by atoms with Crippen LogP contribution in [-0.2, 0) is 11.3 Å². The minimum Gasteiger partial charge on any atom is -0.452 e. The highest BCUT2D eigenvalue weighted by molar-refractivity contribution is 6.33. The Morgan fingerprint density at radius 3 is 2.57 bits per heavy atom. The predicted octanol–water partition coefficient (Wildman–Crippen LogP) is 4.78. The molecule has 0 bridgehead atoms. The fourth-order valence-electron chi connectivity index (χ4n) is 2.44. The standard InChI is InChI=1S/C19H16ClN3O5/c1-11(2)12-3-5-13(6-4-12)18-21-17(28-22-18)10-27-19(24)15-8-7-14(23(25)26)9-16(15)20/h3-9,11H,10H2,1-2H3. The van der Waals surface area contributed by atoms with Crippen LogP contribution in [0.5, 0.6) is 0 Å². The highest BCUT2D eigenvalue weighted by Gasteiger charge is 2.18. The van der Waals surface area contributed by atoms with Crippen LogP contribution in [0.3, 0.4) is 0 Å². The van der Waals surface area contributed by atoms with Crippen molar-refractivity contribution in [1.29, 1.82) is 0 Å². The Bertz CT molecular complexity index is 1010. The van der Waals surface area contributed by atoms with E-state index in [0.29, 0.717) is 11.7 Å². The lowest BCUT2D eigenvalue weighted by molar-refractivity contribution is -0.384. The van der Waals surface area contributed by atoms with E-state index < -0.39 is 10.9 Å². The molecule has 8 nitrogen and oxygen atoms in total. The van der Waals surface area contributed by atoms with Gasteiger partial charge in [0.1, 0.15) is 0 Å². The molecule has 1 heterocycles. The number of carbonyl (C=O) groups excluding carboxylic acids is 1. The normalized spacial score (nSPS) is 10.9. The molecule has 144 valence electrons. The molecule has 9 heteroatoms. The first-order valence-corrected chi connectivity index (χ1v) is 8.77. The summed E-state index contributed by atoms with van der Waals surface area (Å²) in [6.07, 6.45) is 0. The number of rotatable bonds is 6. The lowest BCUT2D eigenvalue weighted by Crippen LogP contribution is -2.06. The number of hydrogen-bond donors (Lipinski definition) is 0. The molecule has 0 aliphatic heterocycles. The molecule has 1 aromatic heterocycles. The summed E-state index contributed by atoms with van der Waals surface area (Å²) in [6, 6.07) is 11.3. The number of esters is 1. The summed E-state index contributed by atoms with van der Waals surface area (Å²) < 4.78 is 10.2. The van der Waals surface area contributed by atoms with Gasteiger partial charge in [0.2, 0.25) is 5.82 Å². The van der Waals surface area contributed by atoms with E-state index in [0.717, 1.165) is 11.6 Å². The maximum atomic E-state index is 12.1. The molecule has 0 unspecified atom stereocenters. The molecule has 0 atom stereocenters. The smallest absolute Gasteiger partial charge is 0.340 e. The zero-order valence-corrected chi connectivity index (χ0v) is 15.8. The molecule has 0 aliphatic carbocycles. The van der Waals surface area contributed by atoms with Crippen LogP contribution in [0.2, 0.25) is 5.02 Å². The van der Waals surface area contributed by atoms with Gasteiger partial charge >= 0.3 is 5.97 Å². The van der Waals surface area contributed by atoms with Crippen molar-refractivity contribution in [3.05, 3.63) is 74.6 Å². The zero-order chi connectivity index (χ0) is 20.3. The first-order valence-electron chi connectivity index (χ1n) is 8.39. The lowest BCUT2D eigenvalue weighted by atomic mass is 10.0. The predicted molar refractivity (Wildman–Crippen MR) is 101 cm³/mol. The Labute approximate surface area is 165 Å². The molecular formula is C19H16ClN3O5. The van der Waals surface area contributed by atoms with Crippen LogP contribution < -0.4 is 0 Å². The van der Waals surface area contributed by atoms with Gasteiger partial charge in [-0.3, -0.25) is 10.1 Å². The molecule has 0 amide bonds. The van der Waals surface area contributed by atoms with Gasteiger partial charge in [-0.1, -0.05) is 54.9 Å². The van der Waals surface area contributed by atoms with Crippen LogP contribution in [0, 0.1) is 10.1 Å². The summed E-state index contributed by atoms with van der Waals surface area (Å²) in [6.45, 7) is 3.96. The number of non-ortho nitro benzene ring substituents is 1. The largest absolute Gasteiger partial charge is 0.452 e. The van der Waals surface area contributed by atoms with Crippen LogP contribution in [0.4, 0.5) is 5.69 Å². The van der Waals surface area contributed by atoms with Crippen LogP contribution in [0.25, 0.3) is 11.4 Å². The van der Waals surface area contributed by atoms with Crippen molar-refractivity contribution >= 4 is 23.3 Å². The van der Waals surface area contributed by atoms with E-state index in [4.69, 9.17) is 20.9 Å². The molecule has 0 spiro atoms. The van der Waals surface area contributed by atoms with Crippen LogP contribution >= 0.6 is 11.6 Å². The minimum atomic E-state index is -0.749. The van der Waals surface area contributed by atoms with Crippen LogP contribution in [0.1, 0.15) is 41.6 Å². The second-order valence-electron chi connectivity index (χ2n) is 6.29. The first-order chi connectivity index (χ1) is 13.3. The van der Waals surface area contributed by atoms with Gasteiger partial charge in [0.05, 0.1) is 15.5 Å². The van der Waals surface area contributed by atoms with Gasteiger partial charge in [0.25, 0.3) is 11.6 Å². The monoisotopic (exact) mass is 401 g/mol. The third-order valence-electron chi connectivity index (χ3n) is 4.01. The fraction of sp³-hybridized carbons (Fsp3) is 0.211. The quantitative estimate of drug-likeness (QED) is 0.332. The summed E-state index contributed by atoms with van der Waals surface area (Å²) >= 11 is 5.91. The van der Waals surface area contributed by atoms with E-state index in [9.17, 15) is 14.9 Å². The number of nitro benzene ring substituents is 1. The maximum Gasteiger partial charge on any atom is 0.340 e. The maximum absolute atomic E-state index is 12.1. The van der Waals surface area contributed by atoms with Crippen molar-refractivity contribution in [2.75, 3.05) is 0 Å². The Balaban J connectivity index is 1.65. The lowest BCUT2D eigenvalue weighted by Gasteiger charge is -2.04. The number of nitro groups is 1. The van der Waals surface area contributed by atoms with E-state index >= 15 is 0 Å². The number of aromatic nitrogens is 2. The molecular weight excluding hydrogens is 386 g/mol. The molecule has 2 aromatic carbocycles. The molecule has 0 N–H and O–H groups in total. The average Bonchev–Trinajstić information content (AvgIpc) is 3.15. The number of benzene rings is 2. The van der Waals surface area contributed by atoms with Crippen LogP contribution in [0.15, 0.2) is 47.0 Å². The summed E-state index contributed by atoms with van der Waals surface area (Å²) in [4.78, 5) is 26.5. The summed E-state index contributed by atoms with van der Waals surface area (Å²) in [5.74, 6) is 0.172. The molecule has 3 aromatic rings. The molecule has 0 fully saturated rings. The average molecular weight is 402 g/mol. The first kappa shape index (κ1) is 19.5. The van der Waals surface area contributed by atoms with E-state index in [-0.39, 0.29) is 28.8 Å². The number of halogens is 1. The number of ether oxygens (including phenoxy) is 1. The minimum absolute atomic E-state index is 0.0104. The van der Waals surface area contributed by atoms with Gasteiger partial charge < -0.3 is 9.26 Å². The van der Waals surface area contributed by atoms with E-state index in [2.05, 4.69) is 24.0 Å². The Kier molecular flexibility index (Phi) is 5.70. The fourth-order valence-corrected chi connectivity index (χ4v) is 2.69. The van der Waals surface area contributed by atoms with Crippen molar-refractivity contribution in [3.63, 3.8) is 0 Å². The highest BCUT2D eigenvalue weighted by Crippen LogP contribution is 2.24. The van der Waals surface area contributed by atoms with Crippen molar-refractivity contribution in [2.45, 2.75) is 26.4 Å². The van der Waals surface area contributed by atoms with Crippen LogP contribution in [-0.4, -0.2) is 21.0 Å². The third kappa shape index (κ3) is 4.34.